The molecule has 3 spiro atoms. The number of hydrogen-bond acceptors (Lipinski definition) is 4. The van der Waals surface area contributed by atoms with Crippen LogP contribution in [0.3, 0.4) is 0 Å². The molecule has 4 heteroatoms. The van der Waals surface area contributed by atoms with Crippen LogP contribution >= 0.6 is 0 Å². The summed E-state index contributed by atoms with van der Waals surface area (Å²) in [4.78, 5) is 0. The number of ether oxygens (including phenoxy) is 2. The Morgan fingerprint density at radius 1 is 0.509 bits per heavy atom. The summed E-state index contributed by atoms with van der Waals surface area (Å²) in [5.74, 6) is 2.96. The third kappa shape index (κ3) is 3.89. The molecule has 4 nitrogen and oxygen atoms in total. The zero-order valence-electron chi connectivity index (χ0n) is 32.6. The Morgan fingerprint density at radius 2 is 1.00 bits per heavy atom. The number of aliphatic hydroxyl groups excluding tert-OH is 2. The highest BCUT2D eigenvalue weighted by Crippen LogP contribution is 2.74. The van der Waals surface area contributed by atoms with Crippen molar-refractivity contribution < 1.29 is 19.7 Å². The summed E-state index contributed by atoms with van der Waals surface area (Å²) < 4.78 is 14.1. The first-order valence-corrected chi connectivity index (χ1v) is 20.2. The van der Waals surface area contributed by atoms with Crippen molar-refractivity contribution in [1.82, 2.24) is 0 Å². The summed E-state index contributed by atoms with van der Waals surface area (Å²) in [5.41, 5.74) is 17.9. The van der Waals surface area contributed by atoms with Gasteiger partial charge >= 0.3 is 0 Å². The van der Waals surface area contributed by atoms with Crippen molar-refractivity contribution in [3.8, 4) is 34.1 Å². The second kappa shape index (κ2) is 11.0. The van der Waals surface area contributed by atoms with Crippen molar-refractivity contribution in [2.24, 2.45) is 0 Å². The van der Waals surface area contributed by atoms with Crippen LogP contribution in [0.4, 0.5) is 0 Å². The van der Waals surface area contributed by atoms with E-state index in [4.69, 9.17) is 9.47 Å². The summed E-state index contributed by atoms with van der Waals surface area (Å²) in [6.07, 6.45) is 6.73. The lowest BCUT2D eigenvalue weighted by atomic mass is 9.61. The second-order valence-corrected chi connectivity index (χ2v) is 17.2. The third-order valence-corrected chi connectivity index (χ3v) is 14.9. The molecule has 0 bridgehead atoms. The van der Waals surface area contributed by atoms with E-state index in [9.17, 15) is 10.2 Å². The molecule has 1 fully saturated rings. The Bertz CT molecular complexity index is 2850. The van der Waals surface area contributed by atoms with E-state index >= 15 is 0 Å². The molecule has 0 saturated heterocycles. The van der Waals surface area contributed by atoms with Crippen LogP contribution in [0.2, 0.25) is 0 Å². The maximum Gasteiger partial charge on any atom is 0.173 e. The summed E-state index contributed by atoms with van der Waals surface area (Å²) in [7, 11) is 0. The number of benzene rings is 6. The van der Waals surface area contributed by atoms with E-state index in [1.54, 1.807) is 0 Å². The average molecular weight is 743 g/mol. The van der Waals surface area contributed by atoms with Gasteiger partial charge in [-0.25, -0.2) is 0 Å². The first-order chi connectivity index (χ1) is 27.7. The van der Waals surface area contributed by atoms with Crippen LogP contribution in [0.1, 0.15) is 86.0 Å². The molecule has 6 aromatic rings. The van der Waals surface area contributed by atoms with Gasteiger partial charge in [0.05, 0.1) is 0 Å². The summed E-state index contributed by atoms with van der Waals surface area (Å²) in [6, 6.07) is 40.2. The normalized spacial score (nSPS) is 20.6. The highest BCUT2D eigenvalue weighted by molar-refractivity contribution is 5.87. The van der Waals surface area contributed by atoms with Crippen molar-refractivity contribution in [3.05, 3.63) is 211 Å². The molecule has 0 radical (unpaired) electrons. The van der Waals surface area contributed by atoms with Gasteiger partial charge in [-0.2, -0.15) is 0 Å². The number of aliphatic hydroxyl groups is 2. The first kappa shape index (κ1) is 32.9. The Labute approximate surface area is 333 Å². The van der Waals surface area contributed by atoms with E-state index in [1.165, 1.54) is 72.3 Å². The van der Waals surface area contributed by atoms with Crippen molar-refractivity contribution in [2.45, 2.75) is 69.6 Å². The van der Waals surface area contributed by atoms with Gasteiger partial charge in [-0.05, 0) is 154 Å². The van der Waals surface area contributed by atoms with Gasteiger partial charge in [0.2, 0.25) is 0 Å². The van der Waals surface area contributed by atoms with E-state index < -0.39 is 16.2 Å². The largest absolute Gasteiger partial charge is 0.508 e. The van der Waals surface area contributed by atoms with E-state index in [0.717, 1.165) is 59.0 Å². The maximum atomic E-state index is 11.6. The number of fused-ring (bicyclic) bond motifs is 17. The van der Waals surface area contributed by atoms with Crippen LogP contribution < -0.4 is 9.47 Å². The molecule has 0 aromatic heterocycles. The van der Waals surface area contributed by atoms with E-state index in [2.05, 4.69) is 143 Å². The number of allylic oxidation sites excluding steroid dienone is 4. The molecule has 5 aliphatic carbocycles. The molecule has 1 aliphatic heterocycles. The minimum Gasteiger partial charge on any atom is -0.508 e. The van der Waals surface area contributed by atoms with Crippen LogP contribution in [-0.4, -0.2) is 10.2 Å². The van der Waals surface area contributed by atoms with Crippen LogP contribution in [0, 0.1) is 27.7 Å². The predicted molar refractivity (Wildman–Crippen MR) is 224 cm³/mol. The molecule has 6 aliphatic rings. The fraction of sp³-hybridized carbons (Fsp3) is 0.208. The molecular formula is C53H42O4. The smallest absolute Gasteiger partial charge is 0.173 e. The van der Waals surface area contributed by atoms with E-state index in [1.807, 2.05) is 6.08 Å². The standard InChI is InChI=1S/C53H42O4/c1-29-30(2)32(4)50-49(31(29)3)56-47-25-42-44(26-48(47)57-50)53(39-19-11-7-15-35(39)36-16-8-12-20-40(36)53)28-51(42)27-52(43-24-46(55)45(54)22-21-41(43)51)37-17-9-5-13-33(37)23-34-14-6-10-18-38(34)52/h5-21,24-26,54-55H,22-23,27-28H2,1-4H3. The molecule has 2 N–H and O–H groups in total. The van der Waals surface area contributed by atoms with Crippen LogP contribution in [-0.2, 0) is 22.7 Å². The Balaban J connectivity index is 1.20. The van der Waals surface area contributed by atoms with Gasteiger partial charge in [0.1, 0.15) is 5.76 Å². The molecule has 0 amide bonds. The fourth-order valence-corrected chi connectivity index (χ4v) is 12.2. The zero-order chi connectivity index (χ0) is 38.6. The van der Waals surface area contributed by atoms with Gasteiger partial charge in [0, 0.05) is 22.7 Å². The van der Waals surface area contributed by atoms with Crippen molar-refractivity contribution >= 4 is 0 Å². The number of hydrogen-bond donors (Lipinski definition) is 2. The fourth-order valence-electron chi connectivity index (χ4n) is 12.2. The molecule has 6 aromatic carbocycles. The highest BCUT2D eigenvalue weighted by atomic mass is 16.6. The molecule has 1 atom stereocenters. The van der Waals surface area contributed by atoms with Crippen LogP contribution in [0.25, 0.3) is 11.1 Å². The molecule has 1 saturated carbocycles. The molecular weight excluding hydrogens is 701 g/mol. The van der Waals surface area contributed by atoms with Gasteiger partial charge < -0.3 is 19.7 Å². The first-order valence-electron chi connectivity index (χ1n) is 20.2. The van der Waals surface area contributed by atoms with Gasteiger partial charge in [0.15, 0.2) is 28.8 Å². The Hall–Kier alpha value is -6.26. The van der Waals surface area contributed by atoms with Gasteiger partial charge in [-0.1, -0.05) is 103 Å². The van der Waals surface area contributed by atoms with Crippen molar-refractivity contribution in [2.75, 3.05) is 0 Å². The SMILES string of the molecule is Cc1c(C)c(C)c2c(c1C)Oc1cc3c(cc1O2)C1(CC32CC3(C4=CC(O)=C(O)CC=C42)c2ccccc2Cc2ccccc23)c2ccccc2-c2ccccc21. The van der Waals surface area contributed by atoms with Gasteiger partial charge in [0.25, 0.3) is 0 Å². The number of rotatable bonds is 0. The lowest BCUT2D eigenvalue weighted by molar-refractivity contribution is 0.330. The summed E-state index contributed by atoms with van der Waals surface area (Å²) in [6.45, 7) is 8.59. The molecule has 1 unspecified atom stereocenters. The quantitative estimate of drug-likeness (QED) is 0.162. The third-order valence-electron chi connectivity index (χ3n) is 14.9. The zero-order valence-corrected chi connectivity index (χ0v) is 32.6. The van der Waals surface area contributed by atoms with Crippen LogP contribution in [0.15, 0.2) is 144 Å². The van der Waals surface area contributed by atoms with Crippen molar-refractivity contribution in [1.29, 1.82) is 0 Å². The minimum atomic E-state index is -0.599. The van der Waals surface area contributed by atoms with Crippen LogP contribution in [0.5, 0.6) is 23.0 Å². The molecule has 57 heavy (non-hydrogen) atoms. The molecule has 278 valence electrons. The highest BCUT2D eigenvalue weighted by Gasteiger charge is 2.67. The minimum absolute atomic E-state index is 0.00754. The average Bonchev–Trinajstić information content (AvgIpc) is 3.74. The lowest BCUT2D eigenvalue weighted by Crippen LogP contribution is -2.35. The summed E-state index contributed by atoms with van der Waals surface area (Å²) in [5, 5.41) is 23.0. The summed E-state index contributed by atoms with van der Waals surface area (Å²) >= 11 is 0. The Morgan fingerprint density at radius 3 is 1.58 bits per heavy atom. The van der Waals surface area contributed by atoms with Gasteiger partial charge in [-0.15, -0.1) is 0 Å². The van der Waals surface area contributed by atoms with Gasteiger partial charge in [-0.3, -0.25) is 0 Å². The Kier molecular flexibility index (Phi) is 6.34. The monoisotopic (exact) mass is 742 g/mol. The topological polar surface area (TPSA) is 58.9 Å². The van der Waals surface area contributed by atoms with Crippen molar-refractivity contribution in [3.63, 3.8) is 0 Å². The lowest BCUT2D eigenvalue weighted by Gasteiger charge is -2.40. The van der Waals surface area contributed by atoms with E-state index in [-0.39, 0.29) is 17.9 Å². The molecule has 1 heterocycles. The second-order valence-electron chi connectivity index (χ2n) is 17.2. The molecule has 12 rings (SSSR count). The maximum absolute atomic E-state index is 11.6. The van der Waals surface area contributed by atoms with E-state index in [0.29, 0.717) is 0 Å². The predicted octanol–water partition coefficient (Wildman–Crippen LogP) is 12.7.